The van der Waals surface area contributed by atoms with Gasteiger partial charge >= 0.3 is 0 Å². The lowest BCUT2D eigenvalue weighted by atomic mass is 10.2. The highest BCUT2D eigenvalue weighted by atomic mass is 32.2. The molecule has 0 bridgehead atoms. The molecule has 0 radical (unpaired) electrons. The van der Waals surface area contributed by atoms with Crippen molar-refractivity contribution in [3.63, 3.8) is 0 Å². The fraction of sp³-hybridized carbons (Fsp3) is 0.600. The summed E-state index contributed by atoms with van der Waals surface area (Å²) in [4.78, 5) is 4.18. The number of nitriles is 1. The van der Waals surface area contributed by atoms with Gasteiger partial charge in [0.25, 0.3) is 10.2 Å². The molecule has 1 heterocycles. The van der Waals surface area contributed by atoms with Gasteiger partial charge in [0.05, 0.1) is 18.3 Å². The maximum atomic E-state index is 12.8. The Labute approximate surface area is 132 Å². The van der Waals surface area contributed by atoms with Crippen LogP contribution in [0.1, 0.15) is 31.9 Å². The predicted octanol–water partition coefficient (Wildman–Crippen LogP) is 1.77. The molecule has 1 aliphatic rings. The summed E-state index contributed by atoms with van der Waals surface area (Å²) < 4.78 is 28.4. The third-order valence-corrected chi connectivity index (χ3v) is 6.13. The number of aromatic nitrogens is 1. The van der Waals surface area contributed by atoms with Crippen LogP contribution in [0.5, 0.6) is 0 Å². The van der Waals surface area contributed by atoms with Gasteiger partial charge in [0.2, 0.25) is 0 Å². The minimum absolute atomic E-state index is 0.0154. The SMILES string of the molecule is CC(C1CC1)N(C)S(=O)(=O)N(CCC#N)Cc1ccccn1. The summed E-state index contributed by atoms with van der Waals surface area (Å²) >= 11 is 0. The number of hydrogen-bond acceptors (Lipinski definition) is 4. The molecule has 7 heteroatoms. The summed E-state index contributed by atoms with van der Waals surface area (Å²) in [6, 6.07) is 7.41. The summed E-state index contributed by atoms with van der Waals surface area (Å²) in [7, 11) is -1.98. The fourth-order valence-electron chi connectivity index (χ4n) is 2.39. The van der Waals surface area contributed by atoms with Crippen LogP contribution in [0.2, 0.25) is 0 Å². The maximum absolute atomic E-state index is 12.8. The van der Waals surface area contributed by atoms with Gasteiger partial charge in [-0.1, -0.05) is 6.07 Å². The molecule has 0 spiro atoms. The van der Waals surface area contributed by atoms with Gasteiger partial charge in [0, 0.05) is 32.3 Å². The molecule has 0 aliphatic heterocycles. The van der Waals surface area contributed by atoms with E-state index >= 15 is 0 Å². The molecular weight excluding hydrogens is 300 g/mol. The van der Waals surface area contributed by atoms with E-state index in [0.29, 0.717) is 11.6 Å². The molecule has 0 aromatic carbocycles. The van der Waals surface area contributed by atoms with E-state index in [-0.39, 0.29) is 25.6 Å². The molecule has 1 saturated carbocycles. The second-order valence-electron chi connectivity index (χ2n) is 5.66. The second-order valence-corrected chi connectivity index (χ2v) is 7.65. The molecule has 1 aromatic rings. The summed E-state index contributed by atoms with van der Waals surface area (Å²) in [5.41, 5.74) is 0.677. The van der Waals surface area contributed by atoms with E-state index in [1.807, 2.05) is 19.1 Å². The van der Waals surface area contributed by atoms with E-state index in [1.165, 1.54) is 8.61 Å². The molecule has 1 aromatic heterocycles. The van der Waals surface area contributed by atoms with Crippen molar-refractivity contribution in [2.75, 3.05) is 13.6 Å². The van der Waals surface area contributed by atoms with Crippen LogP contribution in [-0.4, -0.2) is 41.6 Å². The molecule has 1 unspecified atom stereocenters. The average molecular weight is 322 g/mol. The third kappa shape index (κ3) is 4.03. The van der Waals surface area contributed by atoms with Crippen LogP contribution in [0.25, 0.3) is 0 Å². The zero-order chi connectivity index (χ0) is 16.2. The van der Waals surface area contributed by atoms with Gasteiger partial charge in [-0.05, 0) is 37.8 Å². The maximum Gasteiger partial charge on any atom is 0.282 e. The van der Waals surface area contributed by atoms with E-state index in [9.17, 15) is 8.42 Å². The molecular formula is C15H22N4O2S. The molecule has 6 nitrogen and oxygen atoms in total. The highest BCUT2D eigenvalue weighted by Gasteiger charge is 2.37. The number of hydrogen-bond donors (Lipinski definition) is 0. The van der Waals surface area contributed by atoms with Crippen LogP contribution in [0.4, 0.5) is 0 Å². The molecule has 1 aliphatic carbocycles. The second kappa shape index (κ2) is 7.18. The Morgan fingerprint density at radius 2 is 2.18 bits per heavy atom. The Morgan fingerprint density at radius 1 is 1.45 bits per heavy atom. The van der Waals surface area contributed by atoms with Crippen molar-refractivity contribution >= 4 is 10.2 Å². The Balaban J connectivity index is 2.17. The van der Waals surface area contributed by atoms with Crippen molar-refractivity contribution in [2.24, 2.45) is 5.92 Å². The number of pyridine rings is 1. The fourth-order valence-corrected chi connectivity index (χ4v) is 3.96. The van der Waals surface area contributed by atoms with E-state index in [0.717, 1.165) is 12.8 Å². The first-order valence-electron chi connectivity index (χ1n) is 7.46. The lowest BCUT2D eigenvalue weighted by molar-refractivity contribution is 0.305. The molecule has 0 amide bonds. The van der Waals surface area contributed by atoms with E-state index < -0.39 is 10.2 Å². The van der Waals surface area contributed by atoms with Crippen LogP contribution >= 0.6 is 0 Å². The van der Waals surface area contributed by atoms with Gasteiger partial charge in [0.15, 0.2) is 0 Å². The van der Waals surface area contributed by atoms with Gasteiger partial charge in [0.1, 0.15) is 0 Å². The molecule has 22 heavy (non-hydrogen) atoms. The zero-order valence-corrected chi connectivity index (χ0v) is 13.8. The molecule has 2 rings (SSSR count). The molecule has 0 N–H and O–H groups in total. The standard InChI is InChI=1S/C15H22N4O2S/c1-13(14-7-8-14)18(2)22(20,21)19(11-5-9-16)12-15-6-3-4-10-17-15/h3-4,6,10,13-14H,5,7-8,11-12H2,1-2H3. The van der Waals surface area contributed by atoms with Gasteiger partial charge in [-0.3, -0.25) is 4.98 Å². The summed E-state index contributed by atoms with van der Waals surface area (Å²) in [5.74, 6) is 0.451. The molecule has 1 fully saturated rings. The highest BCUT2D eigenvalue weighted by Crippen LogP contribution is 2.36. The van der Waals surface area contributed by atoms with Crippen molar-refractivity contribution < 1.29 is 8.42 Å². The largest absolute Gasteiger partial charge is 0.282 e. The van der Waals surface area contributed by atoms with Crippen molar-refractivity contribution in [3.8, 4) is 6.07 Å². The first kappa shape index (κ1) is 16.9. The summed E-state index contributed by atoms with van der Waals surface area (Å²) in [6.45, 7) is 2.31. The zero-order valence-electron chi connectivity index (χ0n) is 13.0. The van der Waals surface area contributed by atoms with E-state index in [4.69, 9.17) is 5.26 Å². The smallest absolute Gasteiger partial charge is 0.260 e. The van der Waals surface area contributed by atoms with E-state index in [1.54, 1.807) is 25.4 Å². The van der Waals surface area contributed by atoms with Crippen LogP contribution < -0.4 is 0 Å². The minimum atomic E-state index is -3.60. The quantitative estimate of drug-likeness (QED) is 0.731. The predicted molar refractivity (Wildman–Crippen MR) is 83.7 cm³/mol. The van der Waals surface area contributed by atoms with E-state index in [2.05, 4.69) is 4.98 Å². The minimum Gasteiger partial charge on any atom is -0.260 e. The molecule has 1 atom stereocenters. The van der Waals surface area contributed by atoms with Crippen molar-refractivity contribution in [3.05, 3.63) is 30.1 Å². The van der Waals surface area contributed by atoms with Gasteiger partial charge in [-0.2, -0.15) is 22.3 Å². The monoisotopic (exact) mass is 322 g/mol. The van der Waals surface area contributed by atoms with Gasteiger partial charge in [-0.15, -0.1) is 0 Å². The van der Waals surface area contributed by atoms with Gasteiger partial charge < -0.3 is 0 Å². The van der Waals surface area contributed by atoms with Crippen LogP contribution in [-0.2, 0) is 16.8 Å². The normalized spacial score (nSPS) is 16.7. The Kier molecular flexibility index (Phi) is 5.51. The van der Waals surface area contributed by atoms with Crippen LogP contribution in [0.3, 0.4) is 0 Å². The third-order valence-electron chi connectivity index (χ3n) is 4.11. The van der Waals surface area contributed by atoms with Crippen LogP contribution in [0.15, 0.2) is 24.4 Å². The van der Waals surface area contributed by atoms with Crippen molar-refractivity contribution in [2.45, 2.75) is 38.8 Å². The average Bonchev–Trinajstić information content (AvgIpc) is 3.35. The summed E-state index contributed by atoms with van der Waals surface area (Å²) in [6.07, 6.45) is 3.97. The Hall–Kier alpha value is -1.49. The van der Waals surface area contributed by atoms with Crippen molar-refractivity contribution in [1.82, 2.24) is 13.6 Å². The topological polar surface area (TPSA) is 77.3 Å². The van der Waals surface area contributed by atoms with Crippen LogP contribution in [0, 0.1) is 17.2 Å². The van der Waals surface area contributed by atoms with Gasteiger partial charge in [-0.25, -0.2) is 0 Å². The highest BCUT2D eigenvalue weighted by molar-refractivity contribution is 7.86. The first-order valence-corrected chi connectivity index (χ1v) is 8.86. The molecule has 0 saturated heterocycles. The Bertz CT molecular complexity index is 623. The lowest BCUT2D eigenvalue weighted by Gasteiger charge is -2.30. The summed E-state index contributed by atoms with van der Waals surface area (Å²) in [5, 5.41) is 8.79. The number of nitrogens with zero attached hydrogens (tertiary/aromatic N) is 4. The van der Waals surface area contributed by atoms with Crippen molar-refractivity contribution in [1.29, 1.82) is 5.26 Å². The lowest BCUT2D eigenvalue weighted by Crippen LogP contribution is -2.46. The Morgan fingerprint density at radius 3 is 2.73 bits per heavy atom. The first-order chi connectivity index (χ1) is 10.5. The molecule has 120 valence electrons. The number of rotatable bonds is 8.